The average molecular weight is 374 g/mol. The number of ether oxygens (including phenoxy) is 1. The van der Waals surface area contributed by atoms with Crippen LogP contribution in [0.25, 0.3) is 0 Å². The summed E-state index contributed by atoms with van der Waals surface area (Å²) in [5.74, 6) is 0.930. The third kappa shape index (κ3) is 4.37. The Balaban J connectivity index is 1.71. The fraction of sp³-hybridized carbons (Fsp3) is 0.381. The van der Waals surface area contributed by atoms with E-state index in [1.807, 2.05) is 42.5 Å². The molecule has 1 aliphatic rings. The maximum atomic E-state index is 13.1. The first-order valence-electron chi connectivity index (χ1n) is 8.82. The van der Waals surface area contributed by atoms with Gasteiger partial charge in [0.2, 0.25) is 5.91 Å². The van der Waals surface area contributed by atoms with Crippen LogP contribution >= 0.6 is 11.6 Å². The Morgan fingerprint density at radius 1 is 1.23 bits per heavy atom. The molecular weight excluding hydrogens is 350 g/mol. The van der Waals surface area contributed by atoms with Gasteiger partial charge < -0.3 is 14.7 Å². The number of carbonyl (C=O) groups excluding carboxylic acids is 1. The molecule has 1 N–H and O–H groups in total. The third-order valence-electron chi connectivity index (χ3n) is 4.89. The molecule has 2 aromatic carbocycles. The molecule has 0 spiro atoms. The average Bonchev–Trinajstić information content (AvgIpc) is 3.48. The minimum absolute atomic E-state index is 0.0387. The van der Waals surface area contributed by atoms with Crippen molar-refractivity contribution in [3.8, 4) is 5.75 Å². The Morgan fingerprint density at radius 2 is 1.92 bits per heavy atom. The van der Waals surface area contributed by atoms with Crippen LogP contribution in [-0.2, 0) is 4.79 Å². The number of likely N-dealkylation sites (N-methyl/N-ethyl adjacent to an activating group) is 1. The van der Waals surface area contributed by atoms with Crippen LogP contribution in [0, 0.1) is 5.92 Å². The molecular formula is C21H24ClNO3. The second-order valence-corrected chi connectivity index (χ2v) is 7.31. The monoisotopic (exact) mass is 373 g/mol. The van der Waals surface area contributed by atoms with Gasteiger partial charge in [0, 0.05) is 12.1 Å². The number of aliphatic hydroxyl groups excluding tert-OH is 1. The maximum Gasteiger partial charge on any atom is 0.230 e. The van der Waals surface area contributed by atoms with Gasteiger partial charge in [0.05, 0.1) is 25.7 Å². The van der Waals surface area contributed by atoms with Crippen molar-refractivity contribution in [1.82, 2.24) is 4.90 Å². The number of methoxy groups -OCH3 is 1. The van der Waals surface area contributed by atoms with Gasteiger partial charge in [-0.2, -0.15) is 0 Å². The van der Waals surface area contributed by atoms with E-state index in [9.17, 15) is 9.90 Å². The van der Waals surface area contributed by atoms with E-state index in [4.69, 9.17) is 16.3 Å². The van der Waals surface area contributed by atoms with Crippen molar-refractivity contribution in [3.05, 3.63) is 64.7 Å². The lowest BCUT2D eigenvalue weighted by Gasteiger charge is -2.26. The Hall–Kier alpha value is -2.04. The van der Waals surface area contributed by atoms with Gasteiger partial charge in [-0.05, 0) is 54.2 Å². The number of aliphatic hydroxyl groups is 1. The summed E-state index contributed by atoms with van der Waals surface area (Å²) in [6.45, 7) is 0.239. The molecule has 1 fully saturated rings. The summed E-state index contributed by atoms with van der Waals surface area (Å²) in [6.07, 6.45) is 1.36. The molecule has 1 amide bonds. The summed E-state index contributed by atoms with van der Waals surface area (Å²) < 4.78 is 5.20. The van der Waals surface area contributed by atoms with Crippen molar-refractivity contribution in [2.75, 3.05) is 20.7 Å². The zero-order chi connectivity index (χ0) is 18.7. The molecule has 1 saturated carbocycles. The summed E-state index contributed by atoms with van der Waals surface area (Å²) in [5.41, 5.74) is 1.73. The van der Waals surface area contributed by atoms with E-state index in [0.29, 0.717) is 16.7 Å². The molecule has 2 unspecified atom stereocenters. The SMILES string of the molecule is COc1cccc(C(O)CN(C)C(=O)C(c2ccc(Cl)cc2)C2CC2)c1. The molecule has 4 nitrogen and oxygen atoms in total. The lowest BCUT2D eigenvalue weighted by atomic mass is 9.92. The van der Waals surface area contributed by atoms with Crippen LogP contribution in [0.1, 0.15) is 36.0 Å². The van der Waals surface area contributed by atoms with E-state index < -0.39 is 6.10 Å². The van der Waals surface area contributed by atoms with Crippen molar-refractivity contribution in [1.29, 1.82) is 0 Å². The van der Waals surface area contributed by atoms with Crippen molar-refractivity contribution in [3.63, 3.8) is 0 Å². The van der Waals surface area contributed by atoms with Gasteiger partial charge in [-0.3, -0.25) is 4.79 Å². The van der Waals surface area contributed by atoms with Crippen molar-refractivity contribution >= 4 is 17.5 Å². The highest BCUT2D eigenvalue weighted by atomic mass is 35.5. The molecule has 0 bridgehead atoms. The van der Waals surface area contributed by atoms with Crippen LogP contribution in [0.3, 0.4) is 0 Å². The van der Waals surface area contributed by atoms with E-state index in [0.717, 1.165) is 24.0 Å². The maximum absolute atomic E-state index is 13.1. The van der Waals surface area contributed by atoms with Crippen LogP contribution < -0.4 is 4.74 Å². The summed E-state index contributed by atoms with van der Waals surface area (Å²) >= 11 is 5.98. The molecule has 0 heterocycles. The number of benzene rings is 2. The smallest absolute Gasteiger partial charge is 0.230 e. The van der Waals surface area contributed by atoms with Crippen LogP contribution in [0.4, 0.5) is 0 Å². The van der Waals surface area contributed by atoms with Gasteiger partial charge in [0.1, 0.15) is 5.75 Å². The molecule has 26 heavy (non-hydrogen) atoms. The molecule has 0 saturated heterocycles. The number of hydrogen-bond acceptors (Lipinski definition) is 3. The number of carbonyl (C=O) groups is 1. The second-order valence-electron chi connectivity index (χ2n) is 6.88. The number of hydrogen-bond donors (Lipinski definition) is 1. The van der Waals surface area contributed by atoms with Gasteiger partial charge in [-0.25, -0.2) is 0 Å². The summed E-state index contributed by atoms with van der Waals surface area (Å²) in [4.78, 5) is 14.7. The van der Waals surface area contributed by atoms with Crippen LogP contribution in [0.15, 0.2) is 48.5 Å². The number of rotatable bonds is 7. The molecule has 2 aromatic rings. The lowest BCUT2D eigenvalue weighted by molar-refractivity contribution is -0.133. The molecule has 0 radical (unpaired) electrons. The van der Waals surface area contributed by atoms with Crippen molar-refractivity contribution in [2.45, 2.75) is 24.9 Å². The van der Waals surface area contributed by atoms with Crippen LogP contribution in [-0.4, -0.2) is 36.6 Å². The zero-order valence-electron chi connectivity index (χ0n) is 15.1. The quantitative estimate of drug-likeness (QED) is 0.797. The highest BCUT2D eigenvalue weighted by molar-refractivity contribution is 6.30. The highest BCUT2D eigenvalue weighted by Crippen LogP contribution is 2.43. The summed E-state index contributed by atoms with van der Waals surface area (Å²) in [5, 5.41) is 11.2. The Bertz CT molecular complexity index is 758. The fourth-order valence-electron chi connectivity index (χ4n) is 3.26. The molecule has 1 aliphatic carbocycles. The molecule has 0 aromatic heterocycles. The Labute approximate surface area is 159 Å². The second kappa shape index (κ2) is 8.11. The Morgan fingerprint density at radius 3 is 2.54 bits per heavy atom. The standard InChI is InChI=1S/C21H24ClNO3/c1-23(13-19(24)16-4-3-5-18(12-16)26-2)21(25)20(14-6-7-14)15-8-10-17(22)11-9-15/h3-5,8-12,14,19-20,24H,6-7,13H2,1-2H3. The first-order valence-corrected chi connectivity index (χ1v) is 9.20. The molecule has 0 aliphatic heterocycles. The van der Waals surface area contributed by atoms with Crippen molar-refractivity contribution in [2.24, 2.45) is 5.92 Å². The number of amides is 1. The van der Waals surface area contributed by atoms with Gasteiger partial charge in [-0.1, -0.05) is 35.9 Å². The molecule has 138 valence electrons. The summed E-state index contributed by atoms with van der Waals surface area (Å²) in [7, 11) is 3.34. The van der Waals surface area contributed by atoms with E-state index in [2.05, 4.69) is 0 Å². The van der Waals surface area contributed by atoms with Crippen LogP contribution in [0.2, 0.25) is 5.02 Å². The van der Waals surface area contributed by atoms with Crippen molar-refractivity contribution < 1.29 is 14.6 Å². The summed E-state index contributed by atoms with van der Waals surface area (Å²) in [6, 6.07) is 14.8. The minimum Gasteiger partial charge on any atom is -0.497 e. The van der Waals surface area contributed by atoms with Gasteiger partial charge in [0.25, 0.3) is 0 Å². The molecule has 3 rings (SSSR count). The molecule has 5 heteroatoms. The third-order valence-corrected chi connectivity index (χ3v) is 5.14. The normalized spacial score (nSPS) is 16.0. The van der Waals surface area contributed by atoms with Gasteiger partial charge in [-0.15, -0.1) is 0 Å². The van der Waals surface area contributed by atoms with Gasteiger partial charge in [0.15, 0.2) is 0 Å². The van der Waals surface area contributed by atoms with Crippen LogP contribution in [0.5, 0.6) is 5.75 Å². The van der Waals surface area contributed by atoms with Gasteiger partial charge >= 0.3 is 0 Å². The largest absolute Gasteiger partial charge is 0.497 e. The van der Waals surface area contributed by atoms with E-state index in [-0.39, 0.29) is 18.4 Å². The predicted molar refractivity (Wildman–Crippen MR) is 103 cm³/mol. The fourth-order valence-corrected chi connectivity index (χ4v) is 3.38. The topological polar surface area (TPSA) is 49.8 Å². The lowest BCUT2D eigenvalue weighted by Crippen LogP contribution is -2.35. The first-order chi connectivity index (χ1) is 12.5. The molecule has 2 atom stereocenters. The predicted octanol–water partition coefficient (Wildman–Crippen LogP) is 4.03. The number of halogens is 1. The minimum atomic E-state index is -0.760. The first kappa shape index (κ1) is 18.7. The zero-order valence-corrected chi connectivity index (χ0v) is 15.8. The van der Waals surface area contributed by atoms with E-state index in [1.165, 1.54) is 0 Å². The van der Waals surface area contributed by atoms with E-state index >= 15 is 0 Å². The highest BCUT2D eigenvalue weighted by Gasteiger charge is 2.38. The van der Waals surface area contributed by atoms with E-state index in [1.54, 1.807) is 25.1 Å². The number of nitrogens with zero attached hydrogens (tertiary/aromatic N) is 1. The Kier molecular flexibility index (Phi) is 5.84.